The van der Waals surface area contributed by atoms with Gasteiger partial charge in [0.15, 0.2) is 0 Å². The van der Waals surface area contributed by atoms with Crippen molar-refractivity contribution in [2.75, 3.05) is 23.8 Å². The number of aryl methyl sites for hydroxylation is 1. The van der Waals surface area contributed by atoms with Gasteiger partial charge in [0.25, 0.3) is 0 Å². The van der Waals surface area contributed by atoms with Gasteiger partial charge in [0, 0.05) is 38.9 Å². The van der Waals surface area contributed by atoms with Crippen molar-refractivity contribution < 1.29 is 0 Å². The van der Waals surface area contributed by atoms with Crippen LogP contribution in [-0.2, 0) is 13.6 Å². The van der Waals surface area contributed by atoms with Crippen LogP contribution in [0.3, 0.4) is 0 Å². The molecule has 0 aliphatic carbocycles. The lowest BCUT2D eigenvalue weighted by molar-refractivity contribution is 0.766. The van der Waals surface area contributed by atoms with Crippen LogP contribution in [0.5, 0.6) is 0 Å². The molecule has 0 amide bonds. The molecule has 0 fully saturated rings. The topological polar surface area (TPSA) is 58.9 Å². The smallest absolute Gasteiger partial charge is 0.148 e. The maximum absolute atomic E-state index is 4.32. The molecule has 102 valence electrons. The molecule has 0 aliphatic heterocycles. The van der Waals surface area contributed by atoms with Gasteiger partial charge in [-0.15, -0.1) is 0 Å². The van der Waals surface area contributed by atoms with E-state index in [1.807, 2.05) is 33.4 Å². The second kappa shape index (κ2) is 6.01. The summed E-state index contributed by atoms with van der Waals surface area (Å²) in [7, 11) is 3.91. The minimum Gasteiger partial charge on any atom is -0.369 e. The molecule has 0 unspecified atom stereocenters. The van der Waals surface area contributed by atoms with Crippen LogP contribution in [0.1, 0.15) is 12.5 Å². The van der Waals surface area contributed by atoms with E-state index in [9.17, 15) is 0 Å². The van der Waals surface area contributed by atoms with Gasteiger partial charge in [-0.25, -0.2) is 9.97 Å². The normalized spacial score (nSPS) is 10.5. The number of anilines is 2. The van der Waals surface area contributed by atoms with Gasteiger partial charge >= 0.3 is 0 Å². The van der Waals surface area contributed by atoms with Crippen molar-refractivity contribution >= 4 is 27.6 Å². The summed E-state index contributed by atoms with van der Waals surface area (Å²) >= 11 is 3.55. The second-order valence-corrected chi connectivity index (χ2v) is 5.06. The Hall–Kier alpha value is -1.63. The van der Waals surface area contributed by atoms with E-state index in [2.05, 4.69) is 41.2 Å². The molecule has 2 aromatic rings. The minimum atomic E-state index is 0.745. The van der Waals surface area contributed by atoms with Gasteiger partial charge in [0.1, 0.15) is 22.4 Å². The van der Waals surface area contributed by atoms with E-state index in [1.165, 1.54) is 0 Å². The maximum atomic E-state index is 4.32. The second-order valence-electron chi connectivity index (χ2n) is 4.27. The average molecular weight is 325 g/mol. The predicted octanol–water partition coefficient (Wildman–Crippen LogP) is 2.04. The molecule has 0 atom stereocenters. The third-order valence-electron chi connectivity index (χ3n) is 2.65. The molecule has 1 N–H and O–H groups in total. The fourth-order valence-corrected chi connectivity index (χ4v) is 2.47. The van der Waals surface area contributed by atoms with Crippen LogP contribution in [0, 0.1) is 0 Å². The number of aromatic nitrogens is 4. The third kappa shape index (κ3) is 3.23. The molecule has 0 spiro atoms. The third-order valence-corrected chi connectivity index (χ3v) is 3.39. The molecule has 0 aliphatic rings. The van der Waals surface area contributed by atoms with Crippen molar-refractivity contribution in [2.45, 2.75) is 13.5 Å². The summed E-state index contributed by atoms with van der Waals surface area (Å²) in [6.45, 7) is 3.60. The molecule has 2 rings (SSSR count). The van der Waals surface area contributed by atoms with Crippen LogP contribution in [-0.4, -0.2) is 33.3 Å². The van der Waals surface area contributed by atoms with Gasteiger partial charge < -0.3 is 10.2 Å². The van der Waals surface area contributed by atoms with E-state index in [4.69, 9.17) is 0 Å². The molecule has 0 aromatic carbocycles. The van der Waals surface area contributed by atoms with Gasteiger partial charge in [-0.1, -0.05) is 0 Å². The number of hydrogen-bond donors (Lipinski definition) is 1. The minimum absolute atomic E-state index is 0.745. The Morgan fingerprint density at radius 3 is 2.84 bits per heavy atom. The van der Waals surface area contributed by atoms with E-state index in [0.29, 0.717) is 0 Å². The lowest BCUT2D eigenvalue weighted by Gasteiger charge is -2.19. The summed E-state index contributed by atoms with van der Waals surface area (Å²) in [4.78, 5) is 10.6. The van der Waals surface area contributed by atoms with Crippen molar-refractivity contribution in [1.29, 1.82) is 0 Å². The van der Waals surface area contributed by atoms with Crippen molar-refractivity contribution in [3.63, 3.8) is 0 Å². The van der Waals surface area contributed by atoms with Crippen molar-refractivity contribution in [2.24, 2.45) is 7.05 Å². The zero-order valence-corrected chi connectivity index (χ0v) is 12.8. The molecule has 7 heteroatoms. The molecule has 0 saturated heterocycles. The Morgan fingerprint density at radius 2 is 2.21 bits per heavy atom. The number of hydrogen-bond acceptors (Lipinski definition) is 5. The fourth-order valence-electron chi connectivity index (χ4n) is 1.82. The van der Waals surface area contributed by atoms with Gasteiger partial charge in [0.2, 0.25) is 0 Å². The molecule has 2 heterocycles. The Bertz CT molecular complexity index is 553. The summed E-state index contributed by atoms with van der Waals surface area (Å²) in [5.41, 5.74) is 1.14. The van der Waals surface area contributed by atoms with Crippen LogP contribution in [0.25, 0.3) is 0 Å². The highest BCUT2D eigenvalue weighted by molar-refractivity contribution is 9.10. The highest BCUT2D eigenvalue weighted by atomic mass is 79.9. The Morgan fingerprint density at radius 1 is 1.42 bits per heavy atom. The van der Waals surface area contributed by atoms with E-state index >= 15 is 0 Å². The van der Waals surface area contributed by atoms with Crippen molar-refractivity contribution in [3.05, 3.63) is 28.8 Å². The van der Waals surface area contributed by atoms with Gasteiger partial charge in [0.05, 0.1) is 6.20 Å². The highest BCUT2D eigenvalue weighted by Crippen LogP contribution is 2.29. The van der Waals surface area contributed by atoms with Crippen LogP contribution in [0.15, 0.2) is 23.2 Å². The number of nitrogens with one attached hydrogen (secondary N) is 1. The highest BCUT2D eigenvalue weighted by Gasteiger charge is 2.13. The van der Waals surface area contributed by atoms with Crippen LogP contribution < -0.4 is 10.2 Å². The summed E-state index contributed by atoms with van der Waals surface area (Å²) in [6.07, 6.45) is 5.42. The van der Waals surface area contributed by atoms with Gasteiger partial charge in [-0.3, -0.25) is 4.68 Å². The van der Waals surface area contributed by atoms with E-state index < -0.39 is 0 Å². The van der Waals surface area contributed by atoms with E-state index in [-0.39, 0.29) is 0 Å². The predicted molar refractivity (Wildman–Crippen MR) is 79.2 cm³/mol. The van der Waals surface area contributed by atoms with Crippen LogP contribution in [0.2, 0.25) is 0 Å². The number of halogens is 1. The zero-order valence-electron chi connectivity index (χ0n) is 11.3. The first-order valence-corrected chi connectivity index (χ1v) is 6.84. The average Bonchev–Trinajstić information content (AvgIpc) is 2.77. The molecule has 0 radical (unpaired) electrons. The zero-order chi connectivity index (χ0) is 13.8. The molecular weight excluding hydrogens is 308 g/mol. The summed E-state index contributed by atoms with van der Waals surface area (Å²) < 4.78 is 2.67. The first kappa shape index (κ1) is 13.8. The summed E-state index contributed by atoms with van der Waals surface area (Å²) in [5.74, 6) is 1.67. The van der Waals surface area contributed by atoms with Gasteiger partial charge in [-0.2, -0.15) is 5.10 Å². The molecule has 6 nitrogen and oxygen atoms in total. The largest absolute Gasteiger partial charge is 0.369 e. The van der Waals surface area contributed by atoms with Crippen LogP contribution in [0.4, 0.5) is 11.6 Å². The van der Waals surface area contributed by atoms with Crippen molar-refractivity contribution in [3.8, 4) is 0 Å². The van der Waals surface area contributed by atoms with Crippen molar-refractivity contribution in [1.82, 2.24) is 19.7 Å². The summed E-state index contributed by atoms with van der Waals surface area (Å²) in [6, 6.07) is 0. The monoisotopic (exact) mass is 324 g/mol. The standard InChI is InChI=1S/C12H17BrN6/c1-4-14-11-10(13)12(16-8-15-11)18(2)6-9-5-17-19(3)7-9/h5,7-8H,4,6H2,1-3H3,(H,14,15,16). The van der Waals surface area contributed by atoms with E-state index in [1.54, 1.807) is 11.0 Å². The first-order valence-electron chi connectivity index (χ1n) is 6.04. The fraction of sp³-hybridized carbons (Fsp3) is 0.417. The Balaban J connectivity index is 2.18. The molecule has 0 saturated carbocycles. The lowest BCUT2D eigenvalue weighted by Crippen LogP contribution is -2.18. The molecule has 2 aromatic heterocycles. The molecular formula is C12H17BrN6. The number of rotatable bonds is 5. The lowest BCUT2D eigenvalue weighted by atomic mass is 10.3. The van der Waals surface area contributed by atoms with Gasteiger partial charge in [-0.05, 0) is 22.9 Å². The Labute approximate surface area is 121 Å². The van der Waals surface area contributed by atoms with E-state index in [0.717, 1.165) is 34.8 Å². The molecule has 19 heavy (non-hydrogen) atoms. The first-order chi connectivity index (χ1) is 9.11. The molecule has 0 bridgehead atoms. The Kier molecular flexibility index (Phi) is 4.36. The number of nitrogens with zero attached hydrogens (tertiary/aromatic N) is 5. The quantitative estimate of drug-likeness (QED) is 0.912. The SMILES string of the molecule is CCNc1ncnc(N(C)Cc2cnn(C)c2)c1Br. The van der Waals surface area contributed by atoms with Crippen LogP contribution >= 0.6 is 15.9 Å². The maximum Gasteiger partial charge on any atom is 0.148 e. The summed E-state index contributed by atoms with van der Waals surface area (Å²) in [5, 5.41) is 7.36.